The van der Waals surface area contributed by atoms with Gasteiger partial charge >= 0.3 is 5.69 Å². The maximum atomic E-state index is 11.1. The molecular weight excluding hydrogens is 356 g/mol. The van der Waals surface area contributed by atoms with Gasteiger partial charge in [0.2, 0.25) is 6.79 Å². The predicted molar refractivity (Wildman–Crippen MR) is 88.5 cm³/mol. The highest BCUT2D eigenvalue weighted by atomic mass is 35.5. The average molecular weight is 365 g/mol. The van der Waals surface area contributed by atoms with Gasteiger partial charge in [0.15, 0.2) is 11.5 Å². The Labute approximate surface area is 144 Å². The van der Waals surface area contributed by atoms with Crippen LogP contribution in [0.1, 0.15) is 5.56 Å². The normalized spacial score (nSPS) is 12.4. The van der Waals surface area contributed by atoms with Gasteiger partial charge in [-0.1, -0.05) is 11.6 Å². The molecule has 25 heavy (non-hydrogen) atoms. The van der Waals surface area contributed by atoms with Gasteiger partial charge in [-0.3, -0.25) is 25.7 Å². The Morgan fingerprint density at radius 1 is 1.12 bits per heavy atom. The summed E-state index contributed by atoms with van der Waals surface area (Å²) < 4.78 is 10.4. The van der Waals surface area contributed by atoms with Crippen molar-refractivity contribution in [1.82, 2.24) is 0 Å². The second kappa shape index (κ2) is 6.61. The molecule has 1 heterocycles. The standard InChI is InChI=1S/C14H9ClN4O6/c15-10-5-14-13(24-7-25-14)3-8(10)6-16-17-11-2-1-9(18(20)21)4-12(11)19(22)23/h1-6,17H,7H2. The van der Waals surface area contributed by atoms with Gasteiger partial charge in [-0.25, -0.2) is 0 Å². The molecule has 0 saturated carbocycles. The quantitative estimate of drug-likeness (QED) is 0.489. The molecule has 0 spiro atoms. The maximum Gasteiger partial charge on any atom is 0.301 e. The zero-order valence-electron chi connectivity index (χ0n) is 12.3. The monoisotopic (exact) mass is 364 g/mol. The van der Waals surface area contributed by atoms with E-state index >= 15 is 0 Å². The van der Waals surface area contributed by atoms with Crippen LogP contribution in [0, 0.1) is 20.2 Å². The van der Waals surface area contributed by atoms with Crippen molar-refractivity contribution in [2.45, 2.75) is 0 Å². The molecule has 0 fully saturated rings. The molecule has 2 aromatic carbocycles. The van der Waals surface area contributed by atoms with Crippen LogP contribution >= 0.6 is 11.6 Å². The number of hydrogen-bond acceptors (Lipinski definition) is 8. The van der Waals surface area contributed by atoms with Crippen LogP contribution in [-0.2, 0) is 0 Å². The highest BCUT2D eigenvalue weighted by molar-refractivity contribution is 6.33. The third-order valence-electron chi connectivity index (χ3n) is 3.27. The van der Waals surface area contributed by atoms with E-state index in [0.717, 1.165) is 12.1 Å². The lowest BCUT2D eigenvalue weighted by molar-refractivity contribution is -0.393. The Kier molecular flexibility index (Phi) is 4.35. The Bertz CT molecular complexity index is 901. The van der Waals surface area contributed by atoms with Crippen LogP contribution in [0.25, 0.3) is 0 Å². The topological polar surface area (TPSA) is 129 Å². The summed E-state index contributed by atoms with van der Waals surface area (Å²) in [5.74, 6) is 1.02. The summed E-state index contributed by atoms with van der Waals surface area (Å²) in [6, 6.07) is 6.37. The Hall–Kier alpha value is -3.40. The molecule has 0 radical (unpaired) electrons. The molecule has 10 nitrogen and oxygen atoms in total. The minimum absolute atomic E-state index is 0.00344. The lowest BCUT2D eigenvalue weighted by atomic mass is 10.2. The van der Waals surface area contributed by atoms with E-state index < -0.39 is 15.5 Å². The SMILES string of the molecule is O=[N+]([O-])c1ccc(NN=Cc2cc3c(cc2Cl)OCO3)c([N+](=O)[O-])c1. The molecule has 3 rings (SSSR count). The third-order valence-corrected chi connectivity index (χ3v) is 3.60. The zero-order valence-corrected chi connectivity index (χ0v) is 13.1. The third kappa shape index (κ3) is 3.43. The molecule has 128 valence electrons. The van der Waals surface area contributed by atoms with Crippen LogP contribution in [0.3, 0.4) is 0 Å². The number of hydrazone groups is 1. The first kappa shape index (κ1) is 16.5. The van der Waals surface area contributed by atoms with Gasteiger partial charge in [0.25, 0.3) is 5.69 Å². The van der Waals surface area contributed by atoms with Gasteiger partial charge in [-0.2, -0.15) is 5.10 Å². The minimum atomic E-state index is -0.738. The lowest BCUT2D eigenvalue weighted by Gasteiger charge is -2.03. The number of hydrogen-bond donors (Lipinski definition) is 1. The molecule has 0 saturated heterocycles. The van der Waals surface area contributed by atoms with Crippen LogP contribution in [0.2, 0.25) is 5.02 Å². The van der Waals surface area contributed by atoms with E-state index in [2.05, 4.69) is 10.5 Å². The maximum absolute atomic E-state index is 11.1. The van der Waals surface area contributed by atoms with Crippen LogP contribution in [0.4, 0.5) is 17.1 Å². The van der Waals surface area contributed by atoms with Gasteiger partial charge in [-0.15, -0.1) is 0 Å². The molecule has 0 unspecified atom stereocenters. The fourth-order valence-electron chi connectivity index (χ4n) is 2.08. The molecule has 0 bridgehead atoms. The van der Waals surface area contributed by atoms with Crippen molar-refractivity contribution in [3.8, 4) is 11.5 Å². The summed E-state index contributed by atoms with van der Waals surface area (Å²) in [6.07, 6.45) is 1.34. The van der Waals surface area contributed by atoms with E-state index in [0.29, 0.717) is 22.1 Å². The highest BCUT2D eigenvalue weighted by Crippen LogP contribution is 2.36. The second-order valence-corrected chi connectivity index (χ2v) is 5.22. The fourth-order valence-corrected chi connectivity index (χ4v) is 2.28. The number of ether oxygens (including phenoxy) is 2. The Morgan fingerprint density at radius 3 is 2.52 bits per heavy atom. The summed E-state index contributed by atoms with van der Waals surface area (Å²) in [4.78, 5) is 20.3. The Morgan fingerprint density at radius 2 is 1.84 bits per heavy atom. The van der Waals surface area contributed by atoms with Gasteiger partial charge < -0.3 is 9.47 Å². The Balaban J connectivity index is 1.83. The van der Waals surface area contributed by atoms with Crippen LogP contribution in [0.5, 0.6) is 11.5 Å². The first-order chi connectivity index (χ1) is 12.0. The summed E-state index contributed by atoms with van der Waals surface area (Å²) in [5, 5.41) is 26.0. The second-order valence-electron chi connectivity index (χ2n) is 4.81. The molecule has 1 N–H and O–H groups in total. The van der Waals surface area contributed by atoms with Gasteiger partial charge in [0.05, 0.1) is 27.2 Å². The van der Waals surface area contributed by atoms with Crippen molar-refractivity contribution in [2.75, 3.05) is 12.2 Å². The van der Waals surface area contributed by atoms with Crippen molar-refractivity contribution in [1.29, 1.82) is 0 Å². The molecular formula is C14H9ClN4O6. The molecule has 1 aliphatic rings. The number of fused-ring (bicyclic) bond motifs is 1. The number of nitrogens with one attached hydrogen (secondary N) is 1. The first-order valence-corrected chi connectivity index (χ1v) is 7.14. The van der Waals surface area contributed by atoms with Crippen molar-refractivity contribution in [2.24, 2.45) is 5.10 Å². The smallest absolute Gasteiger partial charge is 0.301 e. The first-order valence-electron chi connectivity index (χ1n) is 6.77. The van der Waals surface area contributed by atoms with Crippen molar-refractivity contribution < 1.29 is 19.3 Å². The number of non-ortho nitro benzene ring substituents is 1. The van der Waals surface area contributed by atoms with E-state index in [9.17, 15) is 20.2 Å². The molecule has 11 heteroatoms. The van der Waals surface area contributed by atoms with E-state index in [1.807, 2.05) is 0 Å². The lowest BCUT2D eigenvalue weighted by Crippen LogP contribution is -1.99. The zero-order chi connectivity index (χ0) is 18.0. The summed E-state index contributed by atoms with van der Waals surface area (Å²) in [6.45, 7) is 0.0967. The average Bonchev–Trinajstić information content (AvgIpc) is 3.01. The number of nitro benzene ring substituents is 2. The number of nitrogens with zero attached hydrogens (tertiary/aromatic N) is 3. The van der Waals surface area contributed by atoms with Crippen molar-refractivity contribution in [3.63, 3.8) is 0 Å². The number of nitro groups is 2. The molecule has 2 aromatic rings. The van der Waals surface area contributed by atoms with Crippen molar-refractivity contribution >= 4 is 34.9 Å². The number of halogens is 1. The number of rotatable bonds is 5. The van der Waals surface area contributed by atoms with E-state index in [4.69, 9.17) is 21.1 Å². The van der Waals surface area contributed by atoms with E-state index in [-0.39, 0.29) is 18.2 Å². The summed E-state index contributed by atoms with van der Waals surface area (Å²) in [7, 11) is 0. The van der Waals surface area contributed by atoms with Gasteiger partial charge in [0, 0.05) is 17.7 Å². The largest absolute Gasteiger partial charge is 0.454 e. The fraction of sp³-hybridized carbons (Fsp3) is 0.0714. The molecule has 1 aliphatic heterocycles. The van der Waals surface area contributed by atoms with Gasteiger partial charge in [-0.05, 0) is 12.1 Å². The predicted octanol–water partition coefficient (Wildman–Crippen LogP) is 3.33. The van der Waals surface area contributed by atoms with Crippen molar-refractivity contribution in [3.05, 3.63) is 61.1 Å². The van der Waals surface area contributed by atoms with E-state index in [1.165, 1.54) is 12.3 Å². The molecule has 0 atom stereocenters. The van der Waals surface area contributed by atoms with Crippen LogP contribution in [0.15, 0.2) is 35.4 Å². The highest BCUT2D eigenvalue weighted by Gasteiger charge is 2.19. The summed E-state index contributed by atoms with van der Waals surface area (Å²) in [5.41, 5.74) is 2.13. The number of anilines is 1. The van der Waals surface area contributed by atoms with Crippen LogP contribution in [-0.4, -0.2) is 22.9 Å². The number of benzene rings is 2. The minimum Gasteiger partial charge on any atom is -0.454 e. The summed E-state index contributed by atoms with van der Waals surface area (Å²) >= 11 is 6.09. The van der Waals surface area contributed by atoms with Gasteiger partial charge in [0.1, 0.15) is 5.69 Å². The van der Waals surface area contributed by atoms with Crippen LogP contribution < -0.4 is 14.9 Å². The molecule has 0 aliphatic carbocycles. The molecule has 0 aromatic heterocycles. The van der Waals surface area contributed by atoms with E-state index in [1.54, 1.807) is 12.1 Å². The molecule has 0 amide bonds.